The van der Waals surface area contributed by atoms with Gasteiger partial charge in [0.05, 0.1) is 5.56 Å². The van der Waals surface area contributed by atoms with Crippen LogP contribution in [0.5, 0.6) is 5.75 Å². The van der Waals surface area contributed by atoms with Crippen molar-refractivity contribution in [3.05, 3.63) is 23.8 Å². The largest absolute Gasteiger partial charge is 0.491 e. The second-order valence-corrected chi connectivity index (χ2v) is 3.29. The van der Waals surface area contributed by atoms with Gasteiger partial charge >= 0.3 is 12.1 Å². The van der Waals surface area contributed by atoms with Crippen molar-refractivity contribution < 1.29 is 27.5 Å². The number of hydrogen-bond donors (Lipinski definition) is 3. The lowest BCUT2D eigenvalue weighted by atomic mass is 10.1. The lowest BCUT2D eigenvalue weighted by Crippen LogP contribution is -2.29. The number of alkyl halides is 3. The van der Waals surface area contributed by atoms with E-state index in [0.29, 0.717) is 0 Å². The highest BCUT2D eigenvalue weighted by molar-refractivity contribution is 6.01. The minimum Gasteiger partial charge on any atom is -0.418 e. The van der Waals surface area contributed by atoms with Gasteiger partial charge in [-0.2, -0.15) is 13.2 Å². The van der Waals surface area contributed by atoms with Crippen molar-refractivity contribution in [3.8, 4) is 5.75 Å². The molecule has 9 heteroatoms. The Labute approximate surface area is 105 Å². The zero-order chi connectivity index (χ0) is 14.6. The standard InChI is InChI=1S/C10H10F3N3O3/c1-15-8(17)5-3-2-4-6(7(5)16-14)19-9(18)10(11,12)13/h2-4,16H,14H2,1H3,(H,15,17). The number of carbonyl (C=O) groups excluding carboxylic acids is 2. The summed E-state index contributed by atoms with van der Waals surface area (Å²) in [5, 5.41) is 2.27. The Hall–Kier alpha value is -2.29. The normalized spacial score (nSPS) is 10.8. The van der Waals surface area contributed by atoms with Crippen molar-refractivity contribution in [1.29, 1.82) is 0 Å². The number of esters is 1. The number of hydrazine groups is 1. The number of anilines is 1. The SMILES string of the molecule is CNC(=O)c1cccc(OC(=O)C(F)(F)F)c1NN. The summed E-state index contributed by atoms with van der Waals surface area (Å²) in [6.45, 7) is 0. The molecule has 0 unspecified atom stereocenters. The van der Waals surface area contributed by atoms with Crippen molar-refractivity contribution in [1.82, 2.24) is 5.32 Å². The van der Waals surface area contributed by atoms with Crippen LogP contribution >= 0.6 is 0 Å². The molecule has 0 fully saturated rings. The molecule has 1 aromatic carbocycles. The number of nitrogens with one attached hydrogen (secondary N) is 2. The van der Waals surface area contributed by atoms with Gasteiger partial charge in [-0.05, 0) is 12.1 Å². The first-order chi connectivity index (χ1) is 8.81. The van der Waals surface area contributed by atoms with Gasteiger partial charge in [0.2, 0.25) is 0 Å². The summed E-state index contributed by atoms with van der Waals surface area (Å²) >= 11 is 0. The Kier molecular flexibility index (Phi) is 4.33. The van der Waals surface area contributed by atoms with Gasteiger partial charge in [0.1, 0.15) is 5.69 Å². The fourth-order valence-electron chi connectivity index (χ4n) is 1.25. The van der Waals surface area contributed by atoms with E-state index in [2.05, 4.69) is 10.1 Å². The Balaban J connectivity index is 3.15. The van der Waals surface area contributed by atoms with E-state index in [1.807, 2.05) is 5.43 Å². The summed E-state index contributed by atoms with van der Waals surface area (Å²) in [4.78, 5) is 22.2. The molecule has 104 valence electrons. The molecule has 1 aromatic rings. The number of halogens is 3. The number of nitrogen functional groups attached to an aromatic ring is 1. The minimum atomic E-state index is -5.14. The van der Waals surface area contributed by atoms with E-state index in [-0.39, 0.29) is 11.3 Å². The number of benzene rings is 1. The molecule has 0 saturated carbocycles. The number of nitrogens with two attached hydrogens (primary N) is 1. The fourth-order valence-corrected chi connectivity index (χ4v) is 1.25. The number of hydrogen-bond acceptors (Lipinski definition) is 5. The van der Waals surface area contributed by atoms with Crippen LogP contribution in [0.4, 0.5) is 18.9 Å². The third-order valence-corrected chi connectivity index (χ3v) is 2.08. The molecule has 0 aliphatic heterocycles. The molecule has 0 aromatic heterocycles. The topological polar surface area (TPSA) is 93.4 Å². The maximum atomic E-state index is 12.1. The Morgan fingerprint density at radius 1 is 1.32 bits per heavy atom. The van der Waals surface area contributed by atoms with Crippen LogP contribution in [-0.2, 0) is 4.79 Å². The van der Waals surface area contributed by atoms with E-state index >= 15 is 0 Å². The van der Waals surface area contributed by atoms with E-state index in [1.165, 1.54) is 19.2 Å². The summed E-state index contributed by atoms with van der Waals surface area (Å²) in [6.07, 6.45) is -5.14. The summed E-state index contributed by atoms with van der Waals surface area (Å²) in [5.74, 6) is 1.63. The minimum absolute atomic E-state index is 0.0579. The maximum Gasteiger partial charge on any atom is 0.491 e. The molecule has 0 atom stereocenters. The van der Waals surface area contributed by atoms with E-state index in [1.54, 1.807) is 0 Å². The van der Waals surface area contributed by atoms with Gasteiger partial charge in [-0.15, -0.1) is 0 Å². The van der Waals surface area contributed by atoms with E-state index < -0.39 is 23.8 Å². The van der Waals surface area contributed by atoms with E-state index in [0.717, 1.165) is 6.07 Å². The van der Waals surface area contributed by atoms with Crippen molar-refractivity contribution in [2.75, 3.05) is 12.5 Å². The third-order valence-electron chi connectivity index (χ3n) is 2.08. The zero-order valence-electron chi connectivity index (χ0n) is 9.67. The van der Waals surface area contributed by atoms with Crippen molar-refractivity contribution >= 4 is 17.6 Å². The summed E-state index contributed by atoms with van der Waals surface area (Å²) < 4.78 is 40.4. The highest BCUT2D eigenvalue weighted by Crippen LogP contribution is 2.29. The average molecular weight is 277 g/mol. The van der Waals surface area contributed by atoms with Crippen LogP contribution < -0.4 is 21.3 Å². The summed E-state index contributed by atoms with van der Waals surface area (Å²) in [6, 6.07) is 3.63. The smallest absolute Gasteiger partial charge is 0.418 e. The van der Waals surface area contributed by atoms with Crippen molar-refractivity contribution in [2.45, 2.75) is 6.18 Å². The molecule has 0 aliphatic carbocycles. The fraction of sp³-hybridized carbons (Fsp3) is 0.200. The van der Waals surface area contributed by atoms with Gasteiger partial charge < -0.3 is 15.5 Å². The zero-order valence-corrected chi connectivity index (χ0v) is 9.67. The van der Waals surface area contributed by atoms with Crippen LogP contribution in [0.15, 0.2) is 18.2 Å². The second-order valence-electron chi connectivity index (χ2n) is 3.29. The number of amides is 1. The molecule has 0 spiro atoms. The van der Waals surface area contributed by atoms with Gasteiger partial charge in [-0.25, -0.2) is 4.79 Å². The van der Waals surface area contributed by atoms with Gasteiger partial charge in [0.25, 0.3) is 5.91 Å². The van der Waals surface area contributed by atoms with Gasteiger partial charge in [0, 0.05) is 7.05 Å². The molecular formula is C10H10F3N3O3. The lowest BCUT2D eigenvalue weighted by Gasteiger charge is -2.13. The number of carbonyl (C=O) groups is 2. The molecule has 1 amide bonds. The Morgan fingerprint density at radius 2 is 1.95 bits per heavy atom. The van der Waals surface area contributed by atoms with Crippen LogP contribution in [-0.4, -0.2) is 25.1 Å². The van der Waals surface area contributed by atoms with Crippen LogP contribution in [0.2, 0.25) is 0 Å². The highest BCUT2D eigenvalue weighted by atomic mass is 19.4. The number of ether oxygens (including phenoxy) is 1. The Bertz CT molecular complexity index is 503. The number of para-hydroxylation sites is 1. The third kappa shape index (κ3) is 3.35. The monoisotopic (exact) mass is 277 g/mol. The highest BCUT2D eigenvalue weighted by Gasteiger charge is 2.41. The second kappa shape index (κ2) is 5.57. The van der Waals surface area contributed by atoms with Crippen LogP contribution in [0.1, 0.15) is 10.4 Å². The molecular weight excluding hydrogens is 267 g/mol. The molecule has 0 saturated heterocycles. The van der Waals surface area contributed by atoms with Gasteiger partial charge in [0.15, 0.2) is 5.75 Å². The molecule has 4 N–H and O–H groups in total. The first-order valence-corrected chi connectivity index (χ1v) is 4.92. The Morgan fingerprint density at radius 3 is 2.42 bits per heavy atom. The van der Waals surface area contributed by atoms with Crippen LogP contribution in [0.25, 0.3) is 0 Å². The van der Waals surface area contributed by atoms with Crippen LogP contribution in [0.3, 0.4) is 0 Å². The predicted molar refractivity (Wildman–Crippen MR) is 59.3 cm³/mol. The molecule has 0 radical (unpaired) electrons. The van der Waals surface area contributed by atoms with Gasteiger partial charge in [-0.1, -0.05) is 6.07 Å². The molecule has 1 rings (SSSR count). The average Bonchev–Trinajstić information content (AvgIpc) is 2.36. The molecule has 19 heavy (non-hydrogen) atoms. The number of rotatable bonds is 3. The quantitative estimate of drug-likeness (QED) is 0.329. The van der Waals surface area contributed by atoms with E-state index in [4.69, 9.17) is 5.84 Å². The molecule has 0 heterocycles. The van der Waals surface area contributed by atoms with E-state index in [9.17, 15) is 22.8 Å². The maximum absolute atomic E-state index is 12.1. The molecule has 0 aliphatic rings. The van der Waals surface area contributed by atoms with Gasteiger partial charge in [-0.3, -0.25) is 10.6 Å². The predicted octanol–water partition coefficient (Wildman–Crippen LogP) is 0.800. The van der Waals surface area contributed by atoms with Crippen molar-refractivity contribution in [2.24, 2.45) is 5.84 Å². The molecule has 6 nitrogen and oxygen atoms in total. The lowest BCUT2D eigenvalue weighted by molar-refractivity contribution is -0.189. The first kappa shape index (κ1) is 14.8. The van der Waals surface area contributed by atoms with Crippen LogP contribution in [0, 0.1) is 0 Å². The summed E-state index contributed by atoms with van der Waals surface area (Å²) in [7, 11) is 1.33. The first-order valence-electron chi connectivity index (χ1n) is 4.92. The molecule has 0 bridgehead atoms. The van der Waals surface area contributed by atoms with Crippen molar-refractivity contribution in [3.63, 3.8) is 0 Å². The summed E-state index contributed by atoms with van der Waals surface area (Å²) in [5.41, 5.74) is 1.75.